The molecule has 0 unspecified atom stereocenters. The Morgan fingerprint density at radius 1 is 1.47 bits per heavy atom. The molecule has 2 N–H and O–H groups in total. The van der Waals surface area contributed by atoms with Crippen molar-refractivity contribution in [2.75, 3.05) is 0 Å². The van der Waals surface area contributed by atoms with Gasteiger partial charge in [0, 0.05) is 10.7 Å². The number of pyridine rings is 1. The molecule has 0 aliphatic carbocycles. The summed E-state index contributed by atoms with van der Waals surface area (Å²) in [4.78, 5) is 27.1. The summed E-state index contributed by atoms with van der Waals surface area (Å²) in [6.07, 6.45) is 1.46. The maximum Gasteiger partial charge on any atom is 0.326 e. The number of aliphatic carboxylic acids is 1. The van der Waals surface area contributed by atoms with Crippen LogP contribution in [0.1, 0.15) is 31.1 Å². The number of carboxylic acid groups (broad SMARTS) is 1. The number of hydrogen-bond acceptors (Lipinski definition) is 3. The summed E-state index contributed by atoms with van der Waals surface area (Å²) in [6, 6.07) is 0.474. The Labute approximate surface area is 124 Å². The van der Waals surface area contributed by atoms with Crippen LogP contribution in [-0.2, 0) is 4.79 Å². The van der Waals surface area contributed by atoms with Crippen LogP contribution in [-0.4, -0.2) is 28.0 Å². The Bertz CT molecular complexity index is 514. The van der Waals surface area contributed by atoms with Gasteiger partial charge in [-0.2, -0.15) is 0 Å². The number of hydrogen-bond donors (Lipinski definition) is 2. The summed E-state index contributed by atoms with van der Waals surface area (Å²) in [5.41, 5.74) is -0.487. The number of aromatic nitrogens is 1. The molecule has 0 aliphatic rings. The van der Waals surface area contributed by atoms with Crippen molar-refractivity contribution >= 4 is 39.4 Å². The number of carbonyl (C=O) groups excluding carboxylic acids is 1. The number of carboxylic acids is 1. The van der Waals surface area contributed by atoms with Crippen molar-refractivity contribution in [2.45, 2.75) is 26.8 Å². The first kappa shape index (κ1) is 15.9. The highest BCUT2D eigenvalue weighted by atomic mass is 79.9. The van der Waals surface area contributed by atoms with Gasteiger partial charge in [0.05, 0.1) is 5.56 Å². The largest absolute Gasteiger partial charge is 0.480 e. The van der Waals surface area contributed by atoms with Crippen LogP contribution in [0.2, 0.25) is 5.15 Å². The fourth-order valence-electron chi connectivity index (χ4n) is 1.44. The fraction of sp³-hybridized carbons (Fsp3) is 0.417. The number of amides is 1. The van der Waals surface area contributed by atoms with Gasteiger partial charge in [-0.1, -0.05) is 32.4 Å². The lowest BCUT2D eigenvalue weighted by molar-refractivity contribution is -0.142. The fourth-order valence-corrected chi connectivity index (χ4v) is 1.96. The molecule has 1 rings (SSSR count). The summed E-state index contributed by atoms with van der Waals surface area (Å²) in [5.74, 6) is -1.67. The van der Waals surface area contributed by atoms with Gasteiger partial charge in [0.1, 0.15) is 11.2 Å². The Kier molecular flexibility index (Phi) is 4.92. The molecule has 0 bridgehead atoms. The molecule has 19 heavy (non-hydrogen) atoms. The van der Waals surface area contributed by atoms with Gasteiger partial charge in [0.25, 0.3) is 5.91 Å². The van der Waals surface area contributed by atoms with E-state index in [1.165, 1.54) is 12.3 Å². The maximum atomic E-state index is 12.1. The van der Waals surface area contributed by atoms with Gasteiger partial charge in [-0.25, -0.2) is 9.78 Å². The van der Waals surface area contributed by atoms with Crippen molar-refractivity contribution in [1.29, 1.82) is 0 Å². The van der Waals surface area contributed by atoms with Gasteiger partial charge in [-0.05, 0) is 27.4 Å². The van der Waals surface area contributed by atoms with Gasteiger partial charge in [-0.3, -0.25) is 4.79 Å². The molecule has 0 aliphatic heterocycles. The van der Waals surface area contributed by atoms with Crippen molar-refractivity contribution in [3.05, 3.63) is 27.5 Å². The molecule has 0 aromatic carbocycles. The van der Waals surface area contributed by atoms with Gasteiger partial charge in [0.2, 0.25) is 0 Å². The van der Waals surface area contributed by atoms with Gasteiger partial charge >= 0.3 is 5.97 Å². The molecule has 1 aromatic rings. The molecule has 104 valence electrons. The molecule has 1 aromatic heterocycles. The van der Waals surface area contributed by atoms with Gasteiger partial charge in [-0.15, -0.1) is 0 Å². The van der Waals surface area contributed by atoms with E-state index >= 15 is 0 Å². The van der Waals surface area contributed by atoms with Crippen molar-refractivity contribution in [3.8, 4) is 0 Å². The third-order valence-corrected chi connectivity index (χ3v) is 3.17. The number of nitrogens with zero attached hydrogens (tertiary/aromatic N) is 1. The van der Waals surface area contributed by atoms with E-state index < -0.39 is 23.3 Å². The first-order chi connectivity index (χ1) is 8.62. The molecule has 0 radical (unpaired) electrons. The lowest BCUT2D eigenvalue weighted by Gasteiger charge is -2.27. The zero-order chi connectivity index (χ0) is 14.8. The van der Waals surface area contributed by atoms with Crippen LogP contribution in [0.25, 0.3) is 0 Å². The predicted octanol–water partition coefficient (Wildman–Crippen LogP) is 2.73. The van der Waals surface area contributed by atoms with E-state index in [0.717, 1.165) is 0 Å². The van der Waals surface area contributed by atoms with Gasteiger partial charge < -0.3 is 10.4 Å². The van der Waals surface area contributed by atoms with Crippen molar-refractivity contribution in [3.63, 3.8) is 0 Å². The van der Waals surface area contributed by atoms with Crippen LogP contribution >= 0.6 is 27.5 Å². The number of nitrogens with one attached hydrogen (secondary N) is 1. The lowest BCUT2D eigenvalue weighted by atomic mass is 9.86. The highest BCUT2D eigenvalue weighted by Crippen LogP contribution is 2.22. The first-order valence-electron chi connectivity index (χ1n) is 5.47. The second-order valence-corrected chi connectivity index (χ2v) is 6.38. The highest BCUT2D eigenvalue weighted by molar-refractivity contribution is 9.10. The van der Waals surface area contributed by atoms with Crippen molar-refractivity contribution in [2.24, 2.45) is 5.41 Å². The van der Waals surface area contributed by atoms with Crippen molar-refractivity contribution < 1.29 is 14.7 Å². The molecule has 1 heterocycles. The topological polar surface area (TPSA) is 79.3 Å². The van der Waals surface area contributed by atoms with Crippen LogP contribution in [0, 0.1) is 5.41 Å². The van der Waals surface area contributed by atoms with E-state index in [4.69, 9.17) is 16.7 Å². The lowest BCUT2D eigenvalue weighted by Crippen LogP contribution is -2.49. The van der Waals surface area contributed by atoms with E-state index in [2.05, 4.69) is 26.2 Å². The Morgan fingerprint density at radius 3 is 2.53 bits per heavy atom. The molecule has 5 nitrogen and oxygen atoms in total. The molecular formula is C12H14BrClN2O3. The minimum Gasteiger partial charge on any atom is -0.480 e. The summed E-state index contributed by atoms with van der Waals surface area (Å²) in [5, 5.41) is 11.6. The Hall–Kier alpha value is -1.14. The van der Waals surface area contributed by atoms with E-state index in [0.29, 0.717) is 4.47 Å². The van der Waals surface area contributed by atoms with E-state index in [9.17, 15) is 9.59 Å². The quantitative estimate of drug-likeness (QED) is 0.822. The number of rotatable bonds is 3. The second-order valence-electron chi connectivity index (χ2n) is 5.10. The van der Waals surface area contributed by atoms with E-state index in [-0.39, 0.29) is 10.7 Å². The minimum atomic E-state index is -1.10. The molecule has 1 atom stereocenters. The summed E-state index contributed by atoms with van der Waals surface area (Å²) in [7, 11) is 0. The third-order valence-electron chi connectivity index (χ3n) is 2.44. The zero-order valence-electron chi connectivity index (χ0n) is 10.7. The second kappa shape index (κ2) is 5.88. The zero-order valence-corrected chi connectivity index (χ0v) is 13.0. The van der Waals surface area contributed by atoms with Crippen LogP contribution in [0.5, 0.6) is 0 Å². The molecule has 0 fully saturated rings. The Morgan fingerprint density at radius 2 is 2.05 bits per heavy atom. The summed E-state index contributed by atoms with van der Waals surface area (Å²) < 4.78 is 0.588. The standard InChI is InChI=1S/C12H14BrClN2O3/c1-12(2,3)8(11(18)19)16-10(17)7-4-6(13)5-15-9(7)14/h4-5,8H,1-3H3,(H,16,17)(H,18,19)/t8-/m1/s1. The predicted molar refractivity (Wildman–Crippen MR) is 75.3 cm³/mol. The maximum absolute atomic E-state index is 12.1. The van der Waals surface area contributed by atoms with Crippen LogP contribution < -0.4 is 5.32 Å². The summed E-state index contributed by atoms with van der Waals surface area (Å²) in [6.45, 7) is 5.19. The average Bonchev–Trinajstić information content (AvgIpc) is 2.26. The monoisotopic (exact) mass is 348 g/mol. The van der Waals surface area contributed by atoms with Crippen LogP contribution in [0.15, 0.2) is 16.7 Å². The molecule has 0 saturated heterocycles. The Balaban J connectivity index is 3.01. The van der Waals surface area contributed by atoms with Crippen LogP contribution in [0.4, 0.5) is 0 Å². The molecule has 0 spiro atoms. The molecule has 1 amide bonds. The van der Waals surface area contributed by atoms with Crippen molar-refractivity contribution in [1.82, 2.24) is 10.3 Å². The normalized spacial score (nSPS) is 12.9. The first-order valence-corrected chi connectivity index (χ1v) is 6.64. The smallest absolute Gasteiger partial charge is 0.326 e. The molecule has 0 saturated carbocycles. The summed E-state index contributed by atoms with van der Waals surface area (Å²) >= 11 is 9.01. The minimum absolute atomic E-state index is 0.0266. The average molecular weight is 350 g/mol. The van der Waals surface area contributed by atoms with Gasteiger partial charge in [0.15, 0.2) is 0 Å². The number of halogens is 2. The molecule has 7 heteroatoms. The third kappa shape index (κ3) is 4.18. The SMILES string of the molecule is CC(C)(C)[C@H](NC(=O)c1cc(Br)cnc1Cl)C(=O)O. The van der Waals surface area contributed by atoms with E-state index in [1.54, 1.807) is 20.8 Å². The highest BCUT2D eigenvalue weighted by Gasteiger charge is 2.33. The van der Waals surface area contributed by atoms with Crippen LogP contribution in [0.3, 0.4) is 0 Å². The molecular weight excluding hydrogens is 336 g/mol. The van der Waals surface area contributed by atoms with E-state index in [1.807, 2.05) is 0 Å². The number of carbonyl (C=O) groups is 2.